The Hall–Kier alpha value is -4.14. The summed E-state index contributed by atoms with van der Waals surface area (Å²) >= 11 is 0. The van der Waals surface area contributed by atoms with E-state index in [1.54, 1.807) is 45.0 Å². The second-order valence-corrected chi connectivity index (χ2v) is 9.36. The molecular weight excluding hydrogens is 448 g/mol. The van der Waals surface area contributed by atoms with Gasteiger partial charge < -0.3 is 19.8 Å². The lowest BCUT2D eigenvalue weighted by molar-refractivity contribution is -0.123. The molecule has 0 radical (unpaired) electrons. The van der Waals surface area contributed by atoms with Crippen molar-refractivity contribution in [2.24, 2.45) is 11.0 Å². The van der Waals surface area contributed by atoms with Crippen LogP contribution in [0.2, 0.25) is 0 Å². The third-order valence-corrected chi connectivity index (χ3v) is 5.56. The van der Waals surface area contributed by atoms with Crippen LogP contribution in [0.25, 0.3) is 11.0 Å². The van der Waals surface area contributed by atoms with Crippen LogP contribution < -0.4 is 21.5 Å². The van der Waals surface area contributed by atoms with Crippen LogP contribution in [0, 0.1) is 5.92 Å². The van der Waals surface area contributed by atoms with Gasteiger partial charge in [-0.15, -0.1) is 0 Å². The van der Waals surface area contributed by atoms with E-state index in [0.29, 0.717) is 11.0 Å². The summed E-state index contributed by atoms with van der Waals surface area (Å²) in [6.07, 6.45) is 11.9. The maximum Gasteiger partial charge on any atom is 0.408 e. The molecule has 3 N–H and O–H groups in total. The molecule has 2 aromatic rings. The van der Waals surface area contributed by atoms with Gasteiger partial charge in [-0.05, 0) is 44.7 Å². The van der Waals surface area contributed by atoms with Crippen LogP contribution in [0.15, 0.2) is 80.9 Å². The number of para-hydroxylation sites is 1. The van der Waals surface area contributed by atoms with E-state index in [1.807, 2.05) is 24.4 Å². The molecule has 1 aromatic heterocycles. The fraction of sp³-hybridized carbons (Fsp3) is 0.308. The number of ether oxygens (including phenoxy) is 1. The highest BCUT2D eigenvalue weighted by Crippen LogP contribution is 2.29. The highest BCUT2D eigenvalue weighted by Gasteiger charge is 2.32. The third-order valence-electron chi connectivity index (χ3n) is 5.56. The number of fused-ring (bicyclic) bond motifs is 2. The van der Waals surface area contributed by atoms with Gasteiger partial charge in [0.1, 0.15) is 23.5 Å². The molecule has 1 aliphatic heterocycles. The van der Waals surface area contributed by atoms with Crippen molar-refractivity contribution >= 4 is 29.2 Å². The number of rotatable bonds is 6. The lowest BCUT2D eigenvalue weighted by Gasteiger charge is -2.24. The number of benzene rings is 1. The molecule has 9 nitrogen and oxygen atoms in total. The van der Waals surface area contributed by atoms with Crippen molar-refractivity contribution in [3.05, 3.63) is 82.4 Å². The summed E-state index contributed by atoms with van der Waals surface area (Å²) in [4.78, 5) is 38.0. The molecule has 2 amide bonds. The molecule has 0 fully saturated rings. The summed E-state index contributed by atoms with van der Waals surface area (Å²) in [6.45, 7) is 5.23. The monoisotopic (exact) mass is 476 g/mol. The Morgan fingerprint density at radius 2 is 2.00 bits per heavy atom. The first-order valence-corrected chi connectivity index (χ1v) is 11.3. The maximum absolute atomic E-state index is 13.0. The first kappa shape index (κ1) is 24.0. The van der Waals surface area contributed by atoms with Gasteiger partial charge in [-0.25, -0.2) is 10.2 Å². The highest BCUT2D eigenvalue weighted by atomic mass is 16.6. The molecule has 182 valence electrons. The van der Waals surface area contributed by atoms with E-state index in [0.717, 1.165) is 5.57 Å². The highest BCUT2D eigenvalue weighted by molar-refractivity contribution is 5.89. The molecule has 2 aliphatic rings. The Morgan fingerprint density at radius 3 is 2.80 bits per heavy atom. The van der Waals surface area contributed by atoms with Gasteiger partial charge in [0, 0.05) is 12.3 Å². The predicted octanol–water partition coefficient (Wildman–Crippen LogP) is 3.12. The minimum Gasteiger partial charge on any atom is -0.463 e. The van der Waals surface area contributed by atoms with Crippen molar-refractivity contribution < 1.29 is 18.7 Å². The van der Waals surface area contributed by atoms with Gasteiger partial charge in [0.2, 0.25) is 5.43 Å². The summed E-state index contributed by atoms with van der Waals surface area (Å²) in [7, 11) is 0. The zero-order valence-electron chi connectivity index (χ0n) is 19.8. The number of carbonyl (C=O) groups is 2. The molecule has 2 heterocycles. The van der Waals surface area contributed by atoms with E-state index in [4.69, 9.17) is 9.15 Å². The van der Waals surface area contributed by atoms with Crippen LogP contribution in [-0.4, -0.2) is 35.9 Å². The molecular formula is C26H28N4O5. The summed E-state index contributed by atoms with van der Waals surface area (Å²) < 4.78 is 10.8. The van der Waals surface area contributed by atoms with Crippen LogP contribution in [0.3, 0.4) is 0 Å². The van der Waals surface area contributed by atoms with E-state index in [9.17, 15) is 14.4 Å². The molecule has 0 saturated carbocycles. The normalized spacial score (nSPS) is 19.7. The van der Waals surface area contributed by atoms with Gasteiger partial charge in [0.15, 0.2) is 0 Å². The second kappa shape index (κ2) is 10.0. The van der Waals surface area contributed by atoms with E-state index < -0.39 is 23.6 Å². The van der Waals surface area contributed by atoms with E-state index in [-0.39, 0.29) is 29.4 Å². The van der Waals surface area contributed by atoms with Crippen LogP contribution in [-0.2, 0) is 9.53 Å². The molecule has 35 heavy (non-hydrogen) atoms. The van der Waals surface area contributed by atoms with Crippen molar-refractivity contribution in [1.82, 2.24) is 16.1 Å². The fourth-order valence-electron chi connectivity index (χ4n) is 3.94. The lowest BCUT2D eigenvalue weighted by Crippen LogP contribution is -2.47. The summed E-state index contributed by atoms with van der Waals surface area (Å²) in [5.74, 6) is -0.460. The van der Waals surface area contributed by atoms with Crippen molar-refractivity contribution in [2.75, 3.05) is 0 Å². The molecule has 1 aromatic carbocycles. The van der Waals surface area contributed by atoms with Gasteiger partial charge in [0.25, 0.3) is 5.91 Å². The van der Waals surface area contributed by atoms with E-state index >= 15 is 0 Å². The van der Waals surface area contributed by atoms with Crippen LogP contribution in [0.4, 0.5) is 4.79 Å². The van der Waals surface area contributed by atoms with Crippen LogP contribution in [0.1, 0.15) is 32.8 Å². The summed E-state index contributed by atoms with van der Waals surface area (Å²) in [6, 6.07) is 6.04. The first-order chi connectivity index (χ1) is 16.7. The number of alkyl carbamates (subject to hydrolysis) is 1. The zero-order valence-corrected chi connectivity index (χ0v) is 19.8. The van der Waals surface area contributed by atoms with Crippen molar-refractivity contribution in [3.63, 3.8) is 0 Å². The molecule has 0 spiro atoms. The molecule has 0 unspecified atom stereocenters. The predicted molar refractivity (Wildman–Crippen MR) is 133 cm³/mol. The molecule has 4 rings (SSSR count). The largest absolute Gasteiger partial charge is 0.463 e. The summed E-state index contributed by atoms with van der Waals surface area (Å²) in [5, 5.41) is 10.3. The van der Waals surface area contributed by atoms with Gasteiger partial charge >= 0.3 is 6.09 Å². The minimum atomic E-state index is -0.943. The Morgan fingerprint density at radius 1 is 1.23 bits per heavy atom. The Balaban J connectivity index is 1.48. The SMILES string of the molecule is CC(C)(C)OC(=O)N[C@H](CC1=CN[C@H]2C=CC=C[C@H]12)C(=O)N/N=C\c1coc2ccccc2c1=O. The van der Waals surface area contributed by atoms with Gasteiger partial charge in [-0.3, -0.25) is 9.59 Å². The Labute approximate surface area is 202 Å². The quantitative estimate of drug-likeness (QED) is 0.435. The average molecular weight is 477 g/mol. The third kappa shape index (κ3) is 5.87. The zero-order chi connectivity index (χ0) is 25.0. The number of hydrazone groups is 1. The number of amides is 2. The Bertz CT molecular complexity index is 1300. The maximum atomic E-state index is 13.0. The van der Waals surface area contributed by atoms with Gasteiger partial charge in [-0.2, -0.15) is 5.10 Å². The van der Waals surface area contributed by atoms with Crippen LogP contribution in [0.5, 0.6) is 0 Å². The molecule has 3 atom stereocenters. The van der Waals surface area contributed by atoms with Crippen molar-refractivity contribution in [3.8, 4) is 0 Å². The molecule has 9 heteroatoms. The lowest BCUT2D eigenvalue weighted by atomic mass is 9.88. The fourth-order valence-corrected chi connectivity index (χ4v) is 3.94. The number of hydrogen-bond donors (Lipinski definition) is 3. The molecule has 0 saturated heterocycles. The second-order valence-electron chi connectivity index (χ2n) is 9.36. The topological polar surface area (TPSA) is 122 Å². The number of nitrogens with zero attached hydrogens (tertiary/aromatic N) is 1. The number of hydrogen-bond acceptors (Lipinski definition) is 7. The number of carbonyl (C=O) groups excluding carboxylic acids is 2. The van der Waals surface area contributed by atoms with Gasteiger partial charge in [0.05, 0.1) is 23.2 Å². The van der Waals surface area contributed by atoms with Crippen molar-refractivity contribution in [2.45, 2.75) is 44.9 Å². The van der Waals surface area contributed by atoms with Gasteiger partial charge in [-0.1, -0.05) is 36.4 Å². The first-order valence-electron chi connectivity index (χ1n) is 11.3. The minimum absolute atomic E-state index is 0.0847. The van der Waals surface area contributed by atoms with E-state index in [2.05, 4.69) is 27.2 Å². The average Bonchev–Trinajstić information content (AvgIpc) is 3.22. The van der Waals surface area contributed by atoms with Crippen LogP contribution >= 0.6 is 0 Å². The summed E-state index contributed by atoms with van der Waals surface area (Å²) in [5.41, 5.74) is 3.05. The number of allylic oxidation sites excluding steroid dienone is 2. The molecule has 0 bridgehead atoms. The number of nitrogens with one attached hydrogen (secondary N) is 3. The van der Waals surface area contributed by atoms with Crippen molar-refractivity contribution in [1.29, 1.82) is 0 Å². The van der Waals surface area contributed by atoms with E-state index in [1.165, 1.54) is 12.5 Å². The Kier molecular flexibility index (Phi) is 6.86. The standard InChI is InChI=1S/C26H28N4O5/c1-26(2,3)35-25(33)29-21(12-16-13-27-20-10-6-4-8-18(16)20)24(32)30-28-14-17-15-34-22-11-7-5-9-19(22)23(17)31/h4-11,13-15,18,20-21,27H,12H2,1-3H3,(H,29,33)(H,30,32)/b28-14-/t18-,20+,21-/m1/s1. The smallest absolute Gasteiger partial charge is 0.408 e. The molecule has 1 aliphatic carbocycles.